The predicted octanol–water partition coefficient (Wildman–Crippen LogP) is 2.09. The van der Waals surface area contributed by atoms with Gasteiger partial charge in [0.05, 0.1) is 6.42 Å². The first-order chi connectivity index (χ1) is 9.24. The van der Waals surface area contributed by atoms with Gasteiger partial charge in [-0.1, -0.05) is 30.3 Å². The van der Waals surface area contributed by atoms with E-state index in [-0.39, 0.29) is 17.1 Å². The van der Waals surface area contributed by atoms with Crippen LogP contribution in [0.1, 0.15) is 18.9 Å². The number of hydrogen-bond acceptors (Lipinski definition) is 3. The highest BCUT2D eigenvalue weighted by molar-refractivity contribution is 5.89. The molecule has 0 spiro atoms. The second-order valence-corrected chi connectivity index (χ2v) is 4.69. The lowest BCUT2D eigenvalue weighted by molar-refractivity contribution is -0.302. The summed E-state index contributed by atoms with van der Waals surface area (Å²) in [5, 5.41) is 13.5. The van der Waals surface area contributed by atoms with Crippen molar-refractivity contribution < 1.29 is 23.1 Å². The number of rotatable bonds is 2. The number of aliphatic hydroxyl groups is 1. The van der Waals surface area contributed by atoms with Crippen LogP contribution in [0.2, 0.25) is 0 Å². The highest BCUT2D eigenvalue weighted by Gasteiger charge is 2.62. The Morgan fingerprint density at radius 3 is 2.55 bits per heavy atom. The Hall–Kier alpha value is -1.89. The van der Waals surface area contributed by atoms with Crippen LogP contribution in [0.5, 0.6) is 0 Å². The molecule has 1 atom stereocenters. The van der Waals surface area contributed by atoms with E-state index in [1.165, 1.54) is 6.92 Å². The van der Waals surface area contributed by atoms with Crippen LogP contribution >= 0.6 is 0 Å². The van der Waals surface area contributed by atoms with Gasteiger partial charge >= 0.3 is 6.18 Å². The van der Waals surface area contributed by atoms with Crippen LogP contribution in [0.25, 0.3) is 0 Å². The fraction of sp³-hybridized carbons (Fsp3) is 0.385. The van der Waals surface area contributed by atoms with Gasteiger partial charge in [0, 0.05) is 12.1 Å². The second-order valence-electron chi connectivity index (χ2n) is 4.69. The van der Waals surface area contributed by atoms with E-state index >= 15 is 0 Å². The van der Waals surface area contributed by atoms with Crippen LogP contribution in [-0.2, 0) is 11.2 Å². The highest BCUT2D eigenvalue weighted by Crippen LogP contribution is 2.40. The average molecular weight is 286 g/mol. The first kappa shape index (κ1) is 14.5. The fourth-order valence-corrected chi connectivity index (χ4v) is 2.05. The summed E-state index contributed by atoms with van der Waals surface area (Å²) in [6, 6.07) is 8.33. The summed E-state index contributed by atoms with van der Waals surface area (Å²) < 4.78 is 38.9. The maximum atomic E-state index is 13.0. The van der Waals surface area contributed by atoms with E-state index in [1.54, 1.807) is 30.3 Å². The molecule has 0 unspecified atom stereocenters. The molecule has 20 heavy (non-hydrogen) atoms. The van der Waals surface area contributed by atoms with Crippen LogP contribution in [0, 0.1) is 0 Å². The van der Waals surface area contributed by atoms with Gasteiger partial charge in [0.25, 0.3) is 5.72 Å². The van der Waals surface area contributed by atoms with E-state index in [9.17, 15) is 23.1 Å². The minimum Gasteiger partial charge on any atom is -0.362 e. The first-order valence-electron chi connectivity index (χ1n) is 5.94. The van der Waals surface area contributed by atoms with Crippen molar-refractivity contribution in [3.05, 3.63) is 35.9 Å². The standard InChI is InChI=1S/C13H13F3N2O2/c1-9-8-12(20,13(14,15)16)18(17-9)11(19)7-10-5-3-2-4-6-10/h2-6,20H,7-8H2,1H3/t12-/m1/s1. The molecule has 1 N–H and O–H groups in total. The van der Waals surface area contributed by atoms with Gasteiger partial charge in [-0.3, -0.25) is 4.79 Å². The predicted molar refractivity (Wildman–Crippen MR) is 65.7 cm³/mol. The number of carbonyl (C=O) groups excluding carboxylic acids is 1. The van der Waals surface area contributed by atoms with Crippen molar-refractivity contribution in [1.29, 1.82) is 0 Å². The number of hydrazone groups is 1. The maximum absolute atomic E-state index is 13.0. The number of hydrogen-bond donors (Lipinski definition) is 1. The van der Waals surface area contributed by atoms with Crippen LogP contribution < -0.4 is 0 Å². The Kier molecular flexibility index (Phi) is 3.56. The van der Waals surface area contributed by atoms with E-state index < -0.39 is 24.2 Å². The number of amides is 1. The van der Waals surface area contributed by atoms with E-state index in [2.05, 4.69) is 5.10 Å². The van der Waals surface area contributed by atoms with Crippen LogP contribution in [0.4, 0.5) is 13.2 Å². The molecule has 108 valence electrons. The van der Waals surface area contributed by atoms with Crippen molar-refractivity contribution in [2.45, 2.75) is 31.7 Å². The van der Waals surface area contributed by atoms with Gasteiger partial charge in [-0.15, -0.1) is 0 Å². The smallest absolute Gasteiger partial charge is 0.362 e. The topological polar surface area (TPSA) is 52.9 Å². The van der Waals surface area contributed by atoms with Gasteiger partial charge in [0.15, 0.2) is 0 Å². The molecular formula is C13H13F3N2O2. The molecule has 0 aromatic heterocycles. The molecule has 0 saturated carbocycles. The van der Waals surface area contributed by atoms with Gasteiger partial charge in [-0.25, -0.2) is 0 Å². The summed E-state index contributed by atoms with van der Waals surface area (Å²) in [6.07, 6.45) is -5.94. The van der Waals surface area contributed by atoms with Gasteiger partial charge in [0.1, 0.15) is 0 Å². The average Bonchev–Trinajstić information content (AvgIpc) is 2.67. The zero-order valence-corrected chi connectivity index (χ0v) is 10.7. The SMILES string of the molecule is CC1=NN(C(=O)Cc2ccccc2)[C@](O)(C(F)(F)F)C1. The van der Waals surface area contributed by atoms with Crippen molar-refractivity contribution in [3.8, 4) is 0 Å². The summed E-state index contributed by atoms with van der Waals surface area (Å²) in [5.74, 6) is -0.895. The Labute approximate surface area is 113 Å². The molecule has 7 heteroatoms. The summed E-state index contributed by atoms with van der Waals surface area (Å²) >= 11 is 0. The third-order valence-corrected chi connectivity index (χ3v) is 3.01. The molecule has 4 nitrogen and oxygen atoms in total. The van der Waals surface area contributed by atoms with Crippen molar-refractivity contribution in [2.24, 2.45) is 5.10 Å². The molecule has 0 bridgehead atoms. The molecule has 2 rings (SSSR count). The van der Waals surface area contributed by atoms with Crippen molar-refractivity contribution in [2.75, 3.05) is 0 Å². The molecule has 1 amide bonds. The van der Waals surface area contributed by atoms with Crippen LogP contribution in [0.15, 0.2) is 35.4 Å². The summed E-state index contributed by atoms with van der Waals surface area (Å²) in [7, 11) is 0. The molecular weight excluding hydrogens is 273 g/mol. The van der Waals surface area contributed by atoms with Crippen molar-refractivity contribution in [3.63, 3.8) is 0 Å². The highest BCUT2D eigenvalue weighted by atomic mass is 19.4. The normalized spacial score (nSPS) is 22.9. The third-order valence-electron chi connectivity index (χ3n) is 3.01. The lowest BCUT2D eigenvalue weighted by Crippen LogP contribution is -2.57. The van der Waals surface area contributed by atoms with Gasteiger partial charge in [0.2, 0.25) is 5.91 Å². The molecule has 1 aliphatic heterocycles. The molecule has 0 fully saturated rings. The quantitative estimate of drug-likeness (QED) is 0.905. The summed E-state index contributed by atoms with van der Waals surface area (Å²) in [5.41, 5.74) is -2.63. The van der Waals surface area contributed by atoms with Gasteiger partial charge < -0.3 is 5.11 Å². The zero-order valence-electron chi connectivity index (χ0n) is 10.7. The van der Waals surface area contributed by atoms with E-state index in [4.69, 9.17) is 0 Å². The minimum atomic E-state index is -4.96. The monoisotopic (exact) mass is 286 g/mol. The summed E-state index contributed by atoms with van der Waals surface area (Å²) in [6.45, 7) is 1.34. The maximum Gasteiger partial charge on any atom is 0.438 e. The molecule has 0 aliphatic carbocycles. The van der Waals surface area contributed by atoms with Crippen LogP contribution in [-0.4, -0.2) is 33.6 Å². The summed E-state index contributed by atoms with van der Waals surface area (Å²) in [4.78, 5) is 12.0. The lowest BCUT2D eigenvalue weighted by Gasteiger charge is -2.32. The first-order valence-corrected chi connectivity index (χ1v) is 5.94. The fourth-order valence-electron chi connectivity index (χ4n) is 2.05. The zero-order chi connectivity index (χ0) is 15.0. The van der Waals surface area contributed by atoms with E-state index in [1.807, 2.05) is 0 Å². The van der Waals surface area contributed by atoms with Crippen molar-refractivity contribution >= 4 is 11.6 Å². The Balaban J connectivity index is 2.23. The molecule has 0 saturated heterocycles. The number of nitrogens with zero attached hydrogens (tertiary/aromatic N) is 2. The molecule has 1 aliphatic rings. The minimum absolute atomic E-state index is 0.0613. The number of alkyl halides is 3. The number of benzene rings is 1. The van der Waals surface area contributed by atoms with Crippen molar-refractivity contribution in [1.82, 2.24) is 5.01 Å². The van der Waals surface area contributed by atoms with Gasteiger partial charge in [-0.05, 0) is 12.5 Å². The largest absolute Gasteiger partial charge is 0.438 e. The molecule has 1 aromatic rings. The van der Waals surface area contributed by atoms with E-state index in [0.717, 1.165) is 0 Å². The number of halogens is 3. The Bertz CT molecular complexity index is 542. The second kappa shape index (κ2) is 4.90. The number of carbonyl (C=O) groups is 1. The molecule has 1 aromatic carbocycles. The lowest BCUT2D eigenvalue weighted by atomic mass is 10.1. The Morgan fingerprint density at radius 1 is 1.40 bits per heavy atom. The third kappa shape index (κ3) is 2.53. The molecule has 0 radical (unpaired) electrons. The Morgan fingerprint density at radius 2 is 2.00 bits per heavy atom. The van der Waals surface area contributed by atoms with Crippen LogP contribution in [0.3, 0.4) is 0 Å². The molecule has 1 heterocycles. The van der Waals surface area contributed by atoms with E-state index in [0.29, 0.717) is 5.56 Å². The van der Waals surface area contributed by atoms with Gasteiger partial charge in [-0.2, -0.15) is 23.3 Å².